The summed E-state index contributed by atoms with van der Waals surface area (Å²) in [5.74, 6) is 1.41. The van der Waals surface area contributed by atoms with Crippen LogP contribution in [0.3, 0.4) is 0 Å². The van der Waals surface area contributed by atoms with E-state index < -0.39 is 0 Å². The summed E-state index contributed by atoms with van der Waals surface area (Å²) >= 11 is 6.51. The topological polar surface area (TPSA) is 99.9 Å². The molecule has 3 heterocycles. The van der Waals surface area contributed by atoms with E-state index >= 15 is 0 Å². The summed E-state index contributed by atoms with van der Waals surface area (Å²) < 4.78 is 0. The van der Waals surface area contributed by atoms with Crippen LogP contribution in [0.2, 0.25) is 5.02 Å². The Morgan fingerprint density at radius 2 is 2.07 bits per heavy atom. The zero-order valence-electron chi connectivity index (χ0n) is 15.9. The Balaban J connectivity index is 1.48. The Bertz CT molecular complexity index is 948. The number of hydrogen-bond donors (Lipinski definition) is 3. The fraction of sp³-hybridized carbons (Fsp3) is 0.550. The molecule has 7 nitrogen and oxygen atoms in total. The van der Waals surface area contributed by atoms with Crippen LogP contribution in [0, 0.1) is 17.8 Å². The predicted octanol–water partition coefficient (Wildman–Crippen LogP) is 2.51. The average Bonchev–Trinajstić information content (AvgIpc) is 3.38. The fourth-order valence-corrected chi connectivity index (χ4v) is 5.34. The number of allylic oxidation sites excluding steroid dienone is 1. The molecule has 2 aromatic rings. The van der Waals surface area contributed by atoms with E-state index in [0.29, 0.717) is 16.6 Å². The molecule has 1 unspecified atom stereocenters. The molecule has 4 atom stereocenters. The first-order chi connectivity index (χ1) is 13.5. The standard InChI is InChI=1S/C20H25ClN6O/c1-27-6-4-10(5-7-27)19-25-17-16(13(21)9-23-20(17)26-19)24-15-12-3-2-11(8-12)14(15)18(22)28/h2-3,9-12,14-15H,4-8H2,1H3,(H2,22,28)(H2,23,24,25,26)/t11-,12+,14+,15?/m1/s1. The number of halogens is 1. The number of hydrogen-bond acceptors (Lipinski definition) is 5. The van der Waals surface area contributed by atoms with Gasteiger partial charge in [0, 0.05) is 12.0 Å². The second kappa shape index (κ2) is 6.74. The number of primary amides is 1. The Kier molecular flexibility index (Phi) is 4.32. The maximum Gasteiger partial charge on any atom is 0.223 e. The third-order valence-electron chi connectivity index (χ3n) is 6.70. The fourth-order valence-electron chi connectivity index (χ4n) is 5.14. The summed E-state index contributed by atoms with van der Waals surface area (Å²) in [6.45, 7) is 2.14. The van der Waals surface area contributed by atoms with Gasteiger partial charge in [0.15, 0.2) is 5.65 Å². The molecule has 2 aliphatic carbocycles. The number of aromatic amines is 1. The summed E-state index contributed by atoms with van der Waals surface area (Å²) in [6, 6.07) is -0.0503. The van der Waals surface area contributed by atoms with Crippen molar-refractivity contribution in [3.63, 3.8) is 0 Å². The second-order valence-corrected chi connectivity index (χ2v) is 8.83. The molecule has 4 N–H and O–H groups in total. The van der Waals surface area contributed by atoms with Gasteiger partial charge in [-0.15, -0.1) is 0 Å². The van der Waals surface area contributed by atoms with Crippen molar-refractivity contribution < 1.29 is 4.79 Å². The van der Waals surface area contributed by atoms with E-state index in [1.807, 2.05) is 0 Å². The minimum atomic E-state index is -0.257. The first-order valence-corrected chi connectivity index (χ1v) is 10.4. The van der Waals surface area contributed by atoms with E-state index in [2.05, 4.69) is 39.4 Å². The van der Waals surface area contributed by atoms with Crippen molar-refractivity contribution in [2.45, 2.75) is 31.2 Å². The molecule has 2 fully saturated rings. The maximum atomic E-state index is 12.1. The molecule has 0 aromatic carbocycles. The summed E-state index contributed by atoms with van der Waals surface area (Å²) in [4.78, 5) is 27.0. The first kappa shape index (κ1) is 17.9. The first-order valence-electron chi connectivity index (χ1n) is 9.98. The molecule has 0 radical (unpaired) electrons. The van der Waals surface area contributed by atoms with Crippen molar-refractivity contribution >= 4 is 34.4 Å². The number of nitrogens with zero attached hydrogens (tertiary/aromatic N) is 3. The lowest BCUT2D eigenvalue weighted by atomic mass is 9.88. The van der Waals surface area contributed by atoms with E-state index in [0.717, 1.165) is 49.4 Å². The van der Waals surface area contributed by atoms with Crippen molar-refractivity contribution in [1.29, 1.82) is 0 Å². The van der Waals surface area contributed by atoms with Gasteiger partial charge in [0.2, 0.25) is 5.91 Å². The van der Waals surface area contributed by atoms with Gasteiger partial charge in [0.05, 0.1) is 22.8 Å². The molecule has 3 aliphatic rings. The van der Waals surface area contributed by atoms with Crippen LogP contribution < -0.4 is 11.1 Å². The quantitative estimate of drug-likeness (QED) is 0.685. The number of rotatable bonds is 4. The number of aromatic nitrogens is 3. The number of likely N-dealkylation sites (tertiary alicyclic amines) is 1. The van der Waals surface area contributed by atoms with Gasteiger partial charge in [-0.25, -0.2) is 9.97 Å². The molecular weight excluding hydrogens is 376 g/mol. The number of nitrogens with two attached hydrogens (primary N) is 1. The highest BCUT2D eigenvalue weighted by Gasteiger charge is 2.47. The molecule has 1 amide bonds. The smallest absolute Gasteiger partial charge is 0.223 e. The van der Waals surface area contributed by atoms with E-state index in [1.165, 1.54) is 0 Å². The largest absolute Gasteiger partial charge is 0.378 e. The van der Waals surface area contributed by atoms with Crippen LogP contribution in [-0.4, -0.2) is 51.9 Å². The van der Waals surface area contributed by atoms with Crippen LogP contribution in [-0.2, 0) is 4.79 Å². The number of carbonyl (C=O) groups excluding carboxylic acids is 1. The Hall–Kier alpha value is -2.12. The second-order valence-electron chi connectivity index (χ2n) is 8.43. The van der Waals surface area contributed by atoms with Gasteiger partial charge >= 0.3 is 0 Å². The lowest BCUT2D eigenvalue weighted by molar-refractivity contribution is -0.122. The van der Waals surface area contributed by atoms with E-state index in [9.17, 15) is 4.79 Å². The number of carbonyl (C=O) groups is 1. The zero-order chi connectivity index (χ0) is 19.4. The molecule has 5 rings (SSSR count). The number of piperidine rings is 1. The number of amides is 1. The minimum absolute atomic E-state index is 0.0503. The van der Waals surface area contributed by atoms with Gasteiger partial charge in [-0.2, -0.15) is 0 Å². The third kappa shape index (κ3) is 2.88. The van der Waals surface area contributed by atoms with Gasteiger partial charge in [-0.1, -0.05) is 23.8 Å². The summed E-state index contributed by atoms with van der Waals surface area (Å²) in [5, 5.41) is 4.06. The van der Waals surface area contributed by atoms with Crippen LogP contribution in [0.5, 0.6) is 0 Å². The molecule has 2 bridgehead atoms. The van der Waals surface area contributed by atoms with Crippen molar-refractivity contribution in [2.75, 3.05) is 25.5 Å². The van der Waals surface area contributed by atoms with Gasteiger partial charge in [-0.3, -0.25) is 4.79 Å². The maximum absolute atomic E-state index is 12.1. The van der Waals surface area contributed by atoms with Crippen LogP contribution in [0.15, 0.2) is 18.3 Å². The van der Waals surface area contributed by atoms with Crippen LogP contribution in [0.1, 0.15) is 31.0 Å². The summed E-state index contributed by atoms with van der Waals surface area (Å²) in [6.07, 6.45) is 9.05. The van der Waals surface area contributed by atoms with E-state index in [-0.39, 0.29) is 29.7 Å². The van der Waals surface area contributed by atoms with Crippen molar-refractivity contribution in [1.82, 2.24) is 19.9 Å². The molecule has 8 heteroatoms. The number of pyridine rings is 1. The lowest BCUT2D eigenvalue weighted by Gasteiger charge is -2.28. The van der Waals surface area contributed by atoms with Crippen molar-refractivity contribution in [3.8, 4) is 0 Å². The number of fused-ring (bicyclic) bond motifs is 3. The Labute approximate surface area is 168 Å². The number of anilines is 1. The SMILES string of the molecule is CN1CCC(c2nc3ncc(Cl)c(NC4[C@@H](C(N)=O)[C@@H]5C=C[C@H]4C5)c3[nH]2)CC1. The highest BCUT2D eigenvalue weighted by Crippen LogP contribution is 2.46. The highest BCUT2D eigenvalue weighted by molar-refractivity contribution is 6.34. The Morgan fingerprint density at radius 3 is 2.82 bits per heavy atom. The molecule has 28 heavy (non-hydrogen) atoms. The molecule has 1 saturated heterocycles. The summed E-state index contributed by atoms with van der Waals surface area (Å²) in [7, 11) is 2.15. The van der Waals surface area contributed by atoms with E-state index in [4.69, 9.17) is 22.3 Å². The number of imidazole rings is 1. The average molecular weight is 401 g/mol. The van der Waals surface area contributed by atoms with Crippen molar-refractivity contribution in [3.05, 3.63) is 29.2 Å². The number of nitrogens with one attached hydrogen (secondary N) is 2. The minimum Gasteiger partial charge on any atom is -0.378 e. The molecule has 1 saturated carbocycles. The molecule has 148 valence electrons. The van der Waals surface area contributed by atoms with Gasteiger partial charge < -0.3 is 20.9 Å². The molecule has 0 spiro atoms. The van der Waals surface area contributed by atoms with Crippen LogP contribution >= 0.6 is 11.6 Å². The lowest BCUT2D eigenvalue weighted by Crippen LogP contribution is -2.41. The monoisotopic (exact) mass is 400 g/mol. The normalized spacial score (nSPS) is 30.4. The van der Waals surface area contributed by atoms with Gasteiger partial charge in [-0.05, 0) is 51.2 Å². The highest BCUT2D eigenvalue weighted by atomic mass is 35.5. The molecular formula is C20H25ClN6O. The zero-order valence-corrected chi connectivity index (χ0v) is 16.6. The van der Waals surface area contributed by atoms with Gasteiger partial charge in [0.25, 0.3) is 0 Å². The van der Waals surface area contributed by atoms with E-state index in [1.54, 1.807) is 6.20 Å². The van der Waals surface area contributed by atoms with Crippen molar-refractivity contribution in [2.24, 2.45) is 23.5 Å². The Morgan fingerprint density at radius 1 is 1.32 bits per heavy atom. The number of H-pyrrole nitrogens is 1. The molecule has 1 aliphatic heterocycles. The van der Waals surface area contributed by atoms with Crippen LogP contribution in [0.25, 0.3) is 11.2 Å². The van der Waals surface area contributed by atoms with Crippen LogP contribution in [0.4, 0.5) is 5.69 Å². The van der Waals surface area contributed by atoms with Gasteiger partial charge in [0.1, 0.15) is 11.3 Å². The predicted molar refractivity (Wildman–Crippen MR) is 109 cm³/mol. The molecule has 2 aromatic heterocycles. The third-order valence-corrected chi connectivity index (χ3v) is 6.98. The summed E-state index contributed by atoms with van der Waals surface area (Å²) in [5.41, 5.74) is 7.96.